The summed E-state index contributed by atoms with van der Waals surface area (Å²) in [6.07, 6.45) is 0.800. The van der Waals surface area contributed by atoms with Gasteiger partial charge in [0.2, 0.25) is 0 Å². The highest BCUT2D eigenvalue weighted by molar-refractivity contribution is 5.94. The van der Waals surface area contributed by atoms with Crippen LogP contribution in [0.5, 0.6) is 0 Å². The molecule has 2 aromatic rings. The number of ether oxygens (including phenoxy) is 1. The van der Waals surface area contributed by atoms with Crippen molar-refractivity contribution in [2.24, 2.45) is 0 Å². The van der Waals surface area contributed by atoms with Crippen LogP contribution in [-0.4, -0.2) is 34.1 Å². The van der Waals surface area contributed by atoms with Crippen molar-refractivity contribution in [1.29, 1.82) is 0 Å². The van der Waals surface area contributed by atoms with E-state index in [2.05, 4.69) is 10.3 Å². The van der Waals surface area contributed by atoms with Crippen LogP contribution in [0.25, 0.3) is 11.0 Å². The summed E-state index contributed by atoms with van der Waals surface area (Å²) in [6, 6.07) is 4.84. The SMILES string of the molecule is CCC(C)NC(=O)COC(=O)c1ccc2c(c1)nc(C)c(=O)n2CC. The Balaban J connectivity index is 2.18. The predicted molar refractivity (Wildman–Crippen MR) is 94.6 cm³/mol. The fourth-order valence-electron chi connectivity index (χ4n) is 2.45. The molecule has 0 fully saturated rings. The standard InChI is InChI=1S/C18H23N3O4/c1-5-11(3)19-16(22)10-25-18(24)13-7-8-15-14(9-13)20-12(4)17(23)21(15)6-2/h7-9,11H,5-6,10H2,1-4H3,(H,19,22). The van der Waals surface area contributed by atoms with Crippen molar-refractivity contribution in [3.8, 4) is 0 Å². The molecule has 0 bridgehead atoms. The maximum atomic E-state index is 12.2. The number of aryl methyl sites for hydroxylation is 2. The summed E-state index contributed by atoms with van der Waals surface area (Å²) >= 11 is 0. The molecule has 0 spiro atoms. The topological polar surface area (TPSA) is 90.3 Å². The van der Waals surface area contributed by atoms with Gasteiger partial charge >= 0.3 is 5.97 Å². The minimum Gasteiger partial charge on any atom is -0.452 e. The lowest BCUT2D eigenvalue weighted by molar-refractivity contribution is -0.124. The van der Waals surface area contributed by atoms with E-state index in [1.54, 1.807) is 29.7 Å². The Morgan fingerprint density at radius 1 is 1.32 bits per heavy atom. The van der Waals surface area contributed by atoms with Gasteiger partial charge in [-0.3, -0.25) is 9.59 Å². The number of carbonyl (C=O) groups excluding carboxylic acids is 2. The number of aromatic nitrogens is 2. The van der Waals surface area contributed by atoms with Gasteiger partial charge in [-0.1, -0.05) is 6.92 Å². The van der Waals surface area contributed by atoms with Crippen molar-refractivity contribution in [2.45, 2.75) is 46.7 Å². The number of rotatable bonds is 6. The van der Waals surface area contributed by atoms with Crippen LogP contribution in [0.2, 0.25) is 0 Å². The summed E-state index contributed by atoms with van der Waals surface area (Å²) in [6.45, 7) is 7.53. The number of carbonyl (C=O) groups is 2. The summed E-state index contributed by atoms with van der Waals surface area (Å²) in [5.74, 6) is -0.938. The lowest BCUT2D eigenvalue weighted by Gasteiger charge is -2.12. The number of hydrogen-bond acceptors (Lipinski definition) is 5. The van der Waals surface area contributed by atoms with E-state index >= 15 is 0 Å². The van der Waals surface area contributed by atoms with E-state index in [9.17, 15) is 14.4 Å². The van der Waals surface area contributed by atoms with Crippen LogP contribution < -0.4 is 10.9 Å². The third-order valence-electron chi connectivity index (χ3n) is 4.02. The molecule has 1 heterocycles. The number of fused-ring (bicyclic) bond motifs is 1. The molecular formula is C18H23N3O4. The number of esters is 1. The first-order chi connectivity index (χ1) is 11.9. The zero-order valence-electron chi connectivity index (χ0n) is 15.0. The van der Waals surface area contributed by atoms with E-state index in [1.807, 2.05) is 20.8 Å². The van der Waals surface area contributed by atoms with E-state index in [-0.39, 0.29) is 29.7 Å². The summed E-state index contributed by atoms with van der Waals surface area (Å²) in [7, 11) is 0. The van der Waals surface area contributed by atoms with Crippen molar-refractivity contribution >= 4 is 22.9 Å². The van der Waals surface area contributed by atoms with E-state index in [0.29, 0.717) is 23.3 Å². The maximum absolute atomic E-state index is 12.2. The molecule has 134 valence electrons. The summed E-state index contributed by atoms with van der Waals surface area (Å²) in [4.78, 5) is 40.2. The van der Waals surface area contributed by atoms with E-state index in [1.165, 1.54) is 0 Å². The van der Waals surface area contributed by atoms with E-state index in [4.69, 9.17) is 4.74 Å². The first-order valence-corrected chi connectivity index (χ1v) is 8.35. The van der Waals surface area contributed by atoms with Crippen LogP contribution in [0.4, 0.5) is 0 Å². The van der Waals surface area contributed by atoms with Crippen LogP contribution in [0, 0.1) is 6.92 Å². The van der Waals surface area contributed by atoms with Gasteiger partial charge in [-0.05, 0) is 45.4 Å². The molecule has 0 aliphatic carbocycles. The molecule has 0 radical (unpaired) electrons. The third-order valence-corrected chi connectivity index (χ3v) is 4.02. The van der Waals surface area contributed by atoms with Crippen molar-refractivity contribution in [1.82, 2.24) is 14.9 Å². The summed E-state index contributed by atoms with van der Waals surface area (Å²) in [5.41, 5.74) is 1.71. The van der Waals surface area contributed by atoms with Gasteiger partial charge in [-0.15, -0.1) is 0 Å². The molecule has 1 unspecified atom stereocenters. The lowest BCUT2D eigenvalue weighted by Crippen LogP contribution is -2.35. The van der Waals surface area contributed by atoms with Gasteiger partial charge < -0.3 is 14.6 Å². The second-order valence-electron chi connectivity index (χ2n) is 5.90. The molecule has 2 rings (SSSR count). The second-order valence-corrected chi connectivity index (χ2v) is 5.90. The van der Waals surface area contributed by atoms with Gasteiger partial charge in [0.1, 0.15) is 5.69 Å². The third kappa shape index (κ3) is 4.23. The van der Waals surface area contributed by atoms with Crippen molar-refractivity contribution in [3.63, 3.8) is 0 Å². The van der Waals surface area contributed by atoms with E-state index in [0.717, 1.165) is 6.42 Å². The van der Waals surface area contributed by atoms with Crippen molar-refractivity contribution in [2.75, 3.05) is 6.61 Å². The number of nitrogens with zero attached hydrogens (tertiary/aromatic N) is 2. The van der Waals surface area contributed by atoms with Gasteiger partial charge in [-0.2, -0.15) is 0 Å². The normalized spacial score (nSPS) is 12.0. The molecule has 0 aliphatic heterocycles. The average molecular weight is 345 g/mol. The van der Waals surface area contributed by atoms with Crippen molar-refractivity contribution < 1.29 is 14.3 Å². The molecule has 0 aliphatic rings. The zero-order valence-corrected chi connectivity index (χ0v) is 15.0. The summed E-state index contributed by atoms with van der Waals surface area (Å²) < 4.78 is 6.65. The van der Waals surface area contributed by atoms with Crippen LogP contribution in [0.3, 0.4) is 0 Å². The van der Waals surface area contributed by atoms with Gasteiger partial charge in [-0.25, -0.2) is 9.78 Å². The lowest BCUT2D eigenvalue weighted by atomic mass is 10.2. The maximum Gasteiger partial charge on any atom is 0.338 e. The van der Waals surface area contributed by atoms with Crippen LogP contribution in [0.15, 0.2) is 23.0 Å². The van der Waals surface area contributed by atoms with E-state index < -0.39 is 5.97 Å². The number of benzene rings is 1. The highest BCUT2D eigenvalue weighted by Crippen LogP contribution is 2.14. The molecule has 1 N–H and O–H groups in total. The van der Waals surface area contributed by atoms with Gasteiger partial charge in [0.25, 0.3) is 11.5 Å². The number of nitrogens with one attached hydrogen (secondary N) is 1. The average Bonchev–Trinajstić information content (AvgIpc) is 2.60. The highest BCUT2D eigenvalue weighted by Gasteiger charge is 2.14. The first-order valence-electron chi connectivity index (χ1n) is 8.35. The molecule has 0 saturated heterocycles. The molecule has 0 saturated carbocycles. The Morgan fingerprint density at radius 2 is 2.04 bits per heavy atom. The number of amides is 1. The fourth-order valence-corrected chi connectivity index (χ4v) is 2.45. The molecule has 1 amide bonds. The monoisotopic (exact) mass is 345 g/mol. The molecular weight excluding hydrogens is 322 g/mol. The molecule has 1 aromatic heterocycles. The molecule has 7 heteroatoms. The predicted octanol–water partition coefficient (Wildman–Crippen LogP) is 1.80. The smallest absolute Gasteiger partial charge is 0.338 e. The number of hydrogen-bond donors (Lipinski definition) is 1. The minimum atomic E-state index is -0.602. The van der Waals surface area contributed by atoms with Gasteiger partial charge in [0.15, 0.2) is 6.61 Å². The van der Waals surface area contributed by atoms with Crippen LogP contribution in [-0.2, 0) is 16.1 Å². The quantitative estimate of drug-likeness (QED) is 0.806. The zero-order chi connectivity index (χ0) is 18.6. The fraction of sp³-hybridized carbons (Fsp3) is 0.444. The first kappa shape index (κ1) is 18.6. The van der Waals surface area contributed by atoms with Crippen molar-refractivity contribution in [3.05, 3.63) is 39.8 Å². The molecule has 7 nitrogen and oxygen atoms in total. The highest BCUT2D eigenvalue weighted by atomic mass is 16.5. The minimum absolute atomic E-state index is 0.0322. The second kappa shape index (κ2) is 7.92. The van der Waals surface area contributed by atoms with Gasteiger partial charge in [0.05, 0.1) is 16.6 Å². The Hall–Kier alpha value is -2.70. The van der Waals surface area contributed by atoms with Gasteiger partial charge in [0, 0.05) is 12.6 Å². The Labute approximate surface area is 146 Å². The largest absolute Gasteiger partial charge is 0.452 e. The Bertz CT molecular complexity index is 857. The van der Waals surface area contributed by atoms with Crippen LogP contribution >= 0.6 is 0 Å². The Kier molecular flexibility index (Phi) is 5.90. The van der Waals surface area contributed by atoms with Crippen LogP contribution in [0.1, 0.15) is 43.2 Å². The Morgan fingerprint density at radius 3 is 2.68 bits per heavy atom. The molecule has 1 aromatic carbocycles. The molecule has 1 atom stereocenters. The molecule has 25 heavy (non-hydrogen) atoms. The summed E-state index contributed by atoms with van der Waals surface area (Å²) in [5, 5.41) is 2.73.